The maximum absolute atomic E-state index is 5.73. The summed E-state index contributed by atoms with van der Waals surface area (Å²) in [4.78, 5) is 8.79. The topological polar surface area (TPSA) is 56.3 Å². The van der Waals surface area contributed by atoms with Crippen LogP contribution < -0.4 is 14.8 Å². The third kappa shape index (κ3) is 3.65. The molecular weight excluding hydrogens is 314 g/mol. The lowest BCUT2D eigenvalue weighted by atomic mass is 10.1. The lowest BCUT2D eigenvalue weighted by Crippen LogP contribution is -2.01. The third-order valence-corrected chi connectivity index (χ3v) is 4.07. The van der Waals surface area contributed by atoms with E-state index in [9.17, 15) is 0 Å². The number of hydrogen-bond acceptors (Lipinski definition) is 5. The van der Waals surface area contributed by atoms with Crippen molar-refractivity contribution in [2.45, 2.75) is 27.7 Å². The highest BCUT2D eigenvalue weighted by Gasteiger charge is 2.12. The highest BCUT2D eigenvalue weighted by atomic mass is 16.5. The van der Waals surface area contributed by atoms with Crippen molar-refractivity contribution in [3.63, 3.8) is 0 Å². The van der Waals surface area contributed by atoms with Gasteiger partial charge in [0.05, 0.1) is 18.7 Å². The first-order valence-corrected chi connectivity index (χ1v) is 8.51. The van der Waals surface area contributed by atoms with Crippen LogP contribution in [0.5, 0.6) is 11.5 Å². The van der Waals surface area contributed by atoms with E-state index in [1.54, 1.807) is 6.33 Å². The van der Waals surface area contributed by atoms with Gasteiger partial charge in [-0.1, -0.05) is 6.07 Å². The summed E-state index contributed by atoms with van der Waals surface area (Å²) >= 11 is 0. The summed E-state index contributed by atoms with van der Waals surface area (Å²) in [6.45, 7) is 9.24. The molecule has 0 saturated heterocycles. The average molecular weight is 337 g/mol. The van der Waals surface area contributed by atoms with Crippen LogP contribution in [0.4, 0.5) is 11.5 Å². The van der Waals surface area contributed by atoms with Crippen molar-refractivity contribution < 1.29 is 9.47 Å². The third-order valence-electron chi connectivity index (χ3n) is 4.07. The summed E-state index contributed by atoms with van der Waals surface area (Å²) < 4.78 is 11.4. The maximum atomic E-state index is 5.73. The molecule has 5 nitrogen and oxygen atoms in total. The number of rotatable bonds is 6. The largest absolute Gasteiger partial charge is 0.490 e. The molecule has 2 aromatic carbocycles. The number of hydrogen-bond donors (Lipinski definition) is 1. The maximum Gasteiger partial charge on any atom is 0.163 e. The molecule has 0 radical (unpaired) electrons. The fraction of sp³-hybridized carbons (Fsp3) is 0.300. The van der Waals surface area contributed by atoms with E-state index in [-0.39, 0.29) is 0 Å². The molecule has 3 aromatic rings. The molecule has 1 N–H and O–H groups in total. The first-order chi connectivity index (χ1) is 12.1. The van der Waals surface area contributed by atoms with E-state index in [1.807, 2.05) is 32.0 Å². The number of ether oxygens (including phenoxy) is 2. The van der Waals surface area contributed by atoms with E-state index in [0.29, 0.717) is 24.7 Å². The highest BCUT2D eigenvalue weighted by Crippen LogP contribution is 2.35. The van der Waals surface area contributed by atoms with Gasteiger partial charge in [0.1, 0.15) is 12.1 Å². The molecule has 3 rings (SSSR count). The second kappa shape index (κ2) is 7.38. The minimum atomic E-state index is 0.569. The van der Waals surface area contributed by atoms with E-state index in [0.717, 1.165) is 22.4 Å². The van der Waals surface area contributed by atoms with Gasteiger partial charge in [0.25, 0.3) is 0 Å². The van der Waals surface area contributed by atoms with Crippen molar-refractivity contribution >= 4 is 22.4 Å². The van der Waals surface area contributed by atoms with Gasteiger partial charge >= 0.3 is 0 Å². The molecule has 0 unspecified atom stereocenters. The molecule has 5 heteroatoms. The Kier molecular flexibility index (Phi) is 5.03. The van der Waals surface area contributed by atoms with Gasteiger partial charge in [-0.05, 0) is 57.0 Å². The average Bonchev–Trinajstić information content (AvgIpc) is 2.60. The monoisotopic (exact) mass is 337 g/mol. The van der Waals surface area contributed by atoms with Crippen molar-refractivity contribution in [1.82, 2.24) is 9.97 Å². The summed E-state index contributed by atoms with van der Waals surface area (Å²) in [5.74, 6) is 2.15. The minimum absolute atomic E-state index is 0.569. The van der Waals surface area contributed by atoms with Crippen LogP contribution in [-0.4, -0.2) is 23.2 Å². The van der Waals surface area contributed by atoms with Crippen molar-refractivity contribution in [3.8, 4) is 11.5 Å². The molecule has 1 aromatic heterocycles. The van der Waals surface area contributed by atoms with Gasteiger partial charge in [0, 0.05) is 17.1 Å². The zero-order valence-electron chi connectivity index (χ0n) is 15.1. The molecule has 0 aliphatic heterocycles. The fourth-order valence-electron chi connectivity index (χ4n) is 2.66. The van der Waals surface area contributed by atoms with Gasteiger partial charge < -0.3 is 14.8 Å². The van der Waals surface area contributed by atoms with E-state index in [2.05, 4.69) is 41.3 Å². The first kappa shape index (κ1) is 17.0. The molecule has 0 aliphatic rings. The molecule has 0 fully saturated rings. The number of nitrogens with one attached hydrogen (secondary N) is 1. The van der Waals surface area contributed by atoms with Gasteiger partial charge in [-0.2, -0.15) is 0 Å². The van der Waals surface area contributed by atoms with Crippen LogP contribution in [-0.2, 0) is 0 Å². The van der Waals surface area contributed by atoms with Gasteiger partial charge in [-0.25, -0.2) is 9.97 Å². The SMILES string of the molecule is CCOc1cc2ncnc(Nc3ccc(C)c(C)c3)c2cc1OCC. The number of nitrogens with zero attached hydrogens (tertiary/aromatic N) is 2. The van der Waals surface area contributed by atoms with Crippen LogP contribution in [0.25, 0.3) is 10.9 Å². The van der Waals surface area contributed by atoms with E-state index in [4.69, 9.17) is 9.47 Å². The molecule has 25 heavy (non-hydrogen) atoms. The van der Waals surface area contributed by atoms with Gasteiger partial charge in [-0.15, -0.1) is 0 Å². The number of fused-ring (bicyclic) bond motifs is 1. The van der Waals surface area contributed by atoms with Crippen LogP contribution in [0.2, 0.25) is 0 Å². The first-order valence-electron chi connectivity index (χ1n) is 8.51. The molecule has 130 valence electrons. The van der Waals surface area contributed by atoms with Crippen LogP contribution in [0.3, 0.4) is 0 Å². The fourth-order valence-corrected chi connectivity index (χ4v) is 2.66. The van der Waals surface area contributed by atoms with Crippen molar-refractivity contribution in [3.05, 3.63) is 47.8 Å². The molecule has 0 aliphatic carbocycles. The summed E-state index contributed by atoms with van der Waals surface area (Å²) in [5.41, 5.74) is 4.30. The second-order valence-corrected chi connectivity index (χ2v) is 5.83. The Bertz CT molecular complexity index is 893. The van der Waals surface area contributed by atoms with Crippen LogP contribution in [0, 0.1) is 13.8 Å². The smallest absolute Gasteiger partial charge is 0.163 e. The minimum Gasteiger partial charge on any atom is -0.490 e. The number of anilines is 2. The molecule has 0 atom stereocenters. The lowest BCUT2D eigenvalue weighted by Gasteiger charge is -2.14. The predicted octanol–water partition coefficient (Wildman–Crippen LogP) is 4.79. The molecule has 0 saturated carbocycles. The lowest BCUT2D eigenvalue weighted by molar-refractivity contribution is 0.288. The van der Waals surface area contributed by atoms with Crippen molar-refractivity contribution in [2.75, 3.05) is 18.5 Å². The Morgan fingerprint density at radius 2 is 1.60 bits per heavy atom. The molecule has 1 heterocycles. The molecule has 0 amide bonds. The molecule has 0 bridgehead atoms. The van der Waals surface area contributed by atoms with E-state index < -0.39 is 0 Å². The normalized spacial score (nSPS) is 10.7. The Morgan fingerprint density at radius 3 is 2.28 bits per heavy atom. The second-order valence-electron chi connectivity index (χ2n) is 5.83. The van der Waals surface area contributed by atoms with Crippen LogP contribution >= 0.6 is 0 Å². The summed E-state index contributed by atoms with van der Waals surface area (Å²) in [6, 6.07) is 10.1. The zero-order chi connectivity index (χ0) is 17.8. The van der Waals surface area contributed by atoms with Crippen LogP contribution in [0.15, 0.2) is 36.7 Å². The Morgan fingerprint density at radius 1 is 0.880 bits per heavy atom. The summed E-state index contributed by atoms with van der Waals surface area (Å²) in [6.07, 6.45) is 1.56. The van der Waals surface area contributed by atoms with Gasteiger partial charge in [0.15, 0.2) is 11.5 Å². The van der Waals surface area contributed by atoms with Crippen molar-refractivity contribution in [1.29, 1.82) is 0 Å². The number of aryl methyl sites for hydroxylation is 2. The Labute approximate surface area is 148 Å². The molecular formula is C20H23N3O2. The summed E-state index contributed by atoms with van der Waals surface area (Å²) in [5, 5.41) is 4.28. The summed E-state index contributed by atoms with van der Waals surface area (Å²) in [7, 11) is 0. The zero-order valence-corrected chi connectivity index (χ0v) is 15.1. The number of benzene rings is 2. The van der Waals surface area contributed by atoms with Gasteiger partial charge in [0.2, 0.25) is 0 Å². The Hall–Kier alpha value is -2.82. The highest BCUT2D eigenvalue weighted by molar-refractivity contribution is 5.93. The quantitative estimate of drug-likeness (QED) is 0.701. The standard InChI is InChI=1S/C20H23N3O2/c1-5-24-18-10-16-17(11-19(18)25-6-2)21-12-22-20(16)23-15-8-7-13(3)14(4)9-15/h7-12H,5-6H2,1-4H3,(H,21,22,23). The van der Waals surface area contributed by atoms with Gasteiger partial charge in [-0.3, -0.25) is 0 Å². The Balaban J connectivity index is 2.05. The number of aromatic nitrogens is 2. The van der Waals surface area contributed by atoms with E-state index in [1.165, 1.54) is 11.1 Å². The van der Waals surface area contributed by atoms with Crippen LogP contribution in [0.1, 0.15) is 25.0 Å². The van der Waals surface area contributed by atoms with Crippen molar-refractivity contribution in [2.24, 2.45) is 0 Å². The molecule has 0 spiro atoms. The predicted molar refractivity (Wildman–Crippen MR) is 101 cm³/mol. The van der Waals surface area contributed by atoms with E-state index >= 15 is 0 Å².